The summed E-state index contributed by atoms with van der Waals surface area (Å²) < 4.78 is 68.4. The fourth-order valence-corrected chi connectivity index (χ4v) is 19.0. The predicted octanol–water partition coefficient (Wildman–Crippen LogP) is 16.7. The van der Waals surface area contributed by atoms with E-state index in [2.05, 4.69) is 30.6 Å². The van der Waals surface area contributed by atoms with Crippen molar-refractivity contribution >= 4 is 164 Å². The summed E-state index contributed by atoms with van der Waals surface area (Å²) in [7, 11) is 3.15. The number of carbonyl (C=O) groups is 10. The van der Waals surface area contributed by atoms with E-state index in [4.69, 9.17) is 103 Å². The van der Waals surface area contributed by atoms with E-state index >= 15 is 8.78 Å². The summed E-state index contributed by atoms with van der Waals surface area (Å²) in [6.07, 6.45) is 15.5. The van der Waals surface area contributed by atoms with Gasteiger partial charge in [0.15, 0.2) is 0 Å². The number of aromatic nitrogens is 2. The van der Waals surface area contributed by atoms with Gasteiger partial charge in [-0.05, 0) is 251 Å². The number of carboxylic acid groups (broad SMARTS) is 3. The molecule has 2 unspecified atom stereocenters. The van der Waals surface area contributed by atoms with Crippen LogP contribution in [-0.4, -0.2) is 244 Å². The lowest BCUT2D eigenvalue weighted by molar-refractivity contribution is -0.148. The molecule has 2 aliphatic carbocycles. The number of anilines is 2. The van der Waals surface area contributed by atoms with Crippen molar-refractivity contribution in [3.05, 3.63) is 259 Å². The molecule has 7 fully saturated rings. The highest BCUT2D eigenvalue weighted by atomic mass is 35.5. The van der Waals surface area contributed by atoms with Crippen LogP contribution >= 0.6 is 82.8 Å². The minimum atomic E-state index is -1.48. The van der Waals surface area contributed by atoms with Gasteiger partial charge >= 0.3 is 24.0 Å². The lowest BCUT2D eigenvalue weighted by Gasteiger charge is -2.38. The number of aliphatic carboxylic acids is 3. The number of hydrogen-bond acceptors (Lipinski definition) is 21. The number of carbonyl (C=O) groups excluding carboxylic acids is 7. The maximum atomic E-state index is 15.5. The van der Waals surface area contributed by atoms with Gasteiger partial charge in [0.05, 0.1) is 75.8 Å². The molecule has 6 amide bonds. The average Bonchev–Trinajstić information content (AvgIpc) is 1.58. The van der Waals surface area contributed by atoms with Crippen molar-refractivity contribution in [1.29, 1.82) is 0 Å². The number of hydrogen-bond donors (Lipinski definition) is 10. The number of carboxylic acids is 3. The molecular formula is C106H134Cl7F2N11O20S. The Hall–Kier alpha value is -9.96. The number of benzene rings is 6. The normalized spacial score (nSPS) is 20.6. The number of aliphatic hydroxyl groups excluding tert-OH is 2. The third-order valence-electron chi connectivity index (χ3n) is 26.0. The highest BCUT2D eigenvalue weighted by Crippen LogP contribution is 2.45. The minimum absolute atomic E-state index is 0. The van der Waals surface area contributed by atoms with Crippen LogP contribution in [0.5, 0.6) is 0 Å². The Morgan fingerprint density at radius 2 is 0.830 bits per heavy atom. The van der Waals surface area contributed by atoms with Crippen LogP contribution in [0, 0.1) is 35.3 Å². The third-order valence-corrected chi connectivity index (χ3v) is 28.7. The van der Waals surface area contributed by atoms with E-state index in [-0.39, 0.29) is 168 Å². The maximum absolute atomic E-state index is 15.5. The molecule has 7 aliphatic rings. The Morgan fingerprint density at radius 1 is 0.463 bits per heavy atom. The Morgan fingerprint density at radius 3 is 1.18 bits per heavy atom. The SMILES string of the molecule is C.CC(C)(C)OC(=O)N1C[C@H](CO)C[C@@H]1C(=O)O.CO[C@@H]1C[C@H](C(=O)Nc2cc(C(CCC3CC3)(N[S@](=O)C(C)(C)C)c3ccncc3)ccc2F)N(C(=O)Cc2ccc(Cl)cc2)C1.CO[C@@H]1C[C@H](C(=O)Nc2cc(C(N)(CCC3CC3)c3ccncc3)ccc2F)N(C(=O)Cc2ccc(Cl)cc2)C1.CO[C@@H]1C[C@H](C(=O)O)N(C(=O)Cc2ccc(Cl)cc2)C1.Cl.Cl.O=C(Cl)Cc1ccc(Cl)cc1.O=C(O)[C@H]1C[C@@H](CO)CN1. The van der Waals surface area contributed by atoms with Crippen molar-refractivity contribution in [2.75, 3.05) is 77.9 Å². The van der Waals surface area contributed by atoms with Crippen molar-refractivity contribution in [3.63, 3.8) is 0 Å². The highest BCUT2D eigenvalue weighted by Gasteiger charge is 2.47. The first-order chi connectivity index (χ1) is 68.3. The number of nitrogens with one attached hydrogen (secondary N) is 4. The van der Waals surface area contributed by atoms with Gasteiger partial charge < -0.3 is 80.9 Å². The number of nitrogens with two attached hydrogens (primary N) is 1. The van der Waals surface area contributed by atoms with E-state index < -0.39 is 110 Å². The molecule has 2 saturated carbocycles. The Balaban J connectivity index is 0.000000259. The number of ether oxygens (including phenoxy) is 4. The lowest BCUT2D eigenvalue weighted by atomic mass is 9.79. The van der Waals surface area contributed by atoms with Gasteiger partial charge in [0, 0.05) is 144 Å². The fourth-order valence-electron chi connectivity index (χ4n) is 17.4. The van der Waals surface area contributed by atoms with Gasteiger partial charge in [0.25, 0.3) is 0 Å². The first kappa shape index (κ1) is 124. The van der Waals surface area contributed by atoms with E-state index in [0.717, 1.165) is 59.1 Å². The maximum Gasteiger partial charge on any atom is 0.411 e. The molecule has 6 aromatic carbocycles. The van der Waals surface area contributed by atoms with Crippen molar-refractivity contribution in [2.24, 2.45) is 29.4 Å². The van der Waals surface area contributed by atoms with E-state index in [1.54, 1.807) is 181 Å². The Kier molecular flexibility index (Phi) is 48.8. The molecular weight excluding hydrogens is 2070 g/mol. The molecule has 0 spiro atoms. The van der Waals surface area contributed by atoms with Crippen LogP contribution in [0.25, 0.3) is 0 Å². The molecule has 802 valence electrons. The predicted molar refractivity (Wildman–Crippen MR) is 566 cm³/mol. The number of methoxy groups -OCH3 is 3. The number of amides is 6. The van der Waals surface area contributed by atoms with Gasteiger partial charge in [-0.1, -0.05) is 140 Å². The molecule has 11 N–H and O–H groups in total. The lowest BCUT2D eigenvalue weighted by Crippen LogP contribution is -2.49. The molecule has 13 atom stereocenters. The molecule has 15 rings (SSSR count). The monoisotopic (exact) mass is 2200 g/mol. The molecule has 0 bridgehead atoms. The van der Waals surface area contributed by atoms with Crippen molar-refractivity contribution in [1.82, 2.24) is 39.6 Å². The van der Waals surface area contributed by atoms with E-state index in [1.165, 1.54) is 51.7 Å². The van der Waals surface area contributed by atoms with Crippen LogP contribution in [-0.2, 0) is 110 Å². The molecule has 41 heteroatoms. The third kappa shape index (κ3) is 37.0. The first-order valence-electron chi connectivity index (χ1n) is 47.6. The highest BCUT2D eigenvalue weighted by molar-refractivity contribution is 7.84. The van der Waals surface area contributed by atoms with Crippen molar-refractivity contribution in [2.45, 2.75) is 228 Å². The summed E-state index contributed by atoms with van der Waals surface area (Å²) in [5.74, 6) is -4.51. The van der Waals surface area contributed by atoms with Gasteiger partial charge in [-0.25, -0.2) is 32.1 Å². The summed E-state index contributed by atoms with van der Waals surface area (Å²) >= 11 is 28.6. The number of halogens is 9. The van der Waals surface area contributed by atoms with Crippen LogP contribution in [0.3, 0.4) is 0 Å². The summed E-state index contributed by atoms with van der Waals surface area (Å²) in [6.45, 7) is 12.5. The Labute approximate surface area is 896 Å². The largest absolute Gasteiger partial charge is 0.480 e. The number of pyridine rings is 2. The molecule has 147 heavy (non-hydrogen) atoms. The Bertz CT molecular complexity index is 5700. The second kappa shape index (κ2) is 57.9. The summed E-state index contributed by atoms with van der Waals surface area (Å²) in [5, 5.41) is 54.7. The zero-order valence-corrected chi connectivity index (χ0v) is 88.9. The van der Waals surface area contributed by atoms with Crippen molar-refractivity contribution < 1.29 is 105 Å². The summed E-state index contributed by atoms with van der Waals surface area (Å²) in [4.78, 5) is 135. The van der Waals surface area contributed by atoms with Crippen LogP contribution in [0.2, 0.25) is 20.1 Å². The van der Waals surface area contributed by atoms with Crippen LogP contribution < -0.4 is 26.4 Å². The van der Waals surface area contributed by atoms with E-state index in [0.29, 0.717) is 88.2 Å². The summed E-state index contributed by atoms with van der Waals surface area (Å²) in [5.41, 5.74) is 10.9. The molecule has 8 aromatic rings. The second-order valence-electron chi connectivity index (χ2n) is 38.9. The number of nitrogens with zero attached hydrogens (tertiary/aromatic N) is 6. The standard InChI is InChI=1S/C35H42ClFN4O4S.C31H34ClFN4O3.C14H16ClNO4.C11H19NO5.C8H6Cl2O.C6H11NO3.CH4.2ClH/c1-34(2,3)46(44)40-35(16-13-23-5-6-23,25-14-17-38-18-15-25)26-9-12-29(37)30(20-26)39-33(43)31-21-28(45-4)22-41(31)32(42)19-24-7-10-27(36)11-8-24;1-40-25-18-28(37(19-25)29(38)16-21-4-7-24(32)8-5-21)30(39)36-27-17-23(6-9-26(27)33)31(34,13-10-20-2-3-20)22-11-14-35-15-12-22;1-20-11-7-12(14(18)19)16(8-11)13(17)6-9-2-4-10(15)5-3-9;1-11(2,3)17-10(16)12-5-7(6-13)4-8(12)9(14)15;9-7-3-1-6(2-4-7)5-8(10)11;8-3-4-1-5(6(9)10)7-2-4;;;/h7-12,14-15,17-18,20,23,28,31,40H,5-6,13,16,19,21-22H2,1-4H3,(H,39,43);4-9,11-12,14-15,17,20,25,28H,2-3,10,13,16,18-19,34H2,1H3,(H,36,39);2-5,11-12H,6-8H2,1H3,(H,18,19);7-8,13H,4-6H2,1-3H3,(H,14,15);1-4H,5H2;4-5,7-8H,1-3H2,(H,9,10);1H4;2*1H/t28-,31-,35?,46-;25-,28-,31?;11-,12-;7-,8-;;4-,5-;;;/m1111.1.../s1. The summed E-state index contributed by atoms with van der Waals surface area (Å²) in [6, 6.07) is 41.0. The smallest absolute Gasteiger partial charge is 0.411 e. The molecule has 2 aromatic heterocycles. The quantitative estimate of drug-likeness (QED) is 0.0175. The van der Waals surface area contributed by atoms with Crippen LogP contribution in [0.15, 0.2) is 183 Å². The van der Waals surface area contributed by atoms with Gasteiger partial charge in [0.2, 0.25) is 34.8 Å². The van der Waals surface area contributed by atoms with Crippen molar-refractivity contribution in [3.8, 4) is 0 Å². The minimum Gasteiger partial charge on any atom is -0.480 e. The second-order valence-corrected chi connectivity index (χ2v) is 43.0. The van der Waals surface area contributed by atoms with Crippen LogP contribution in [0.1, 0.15) is 177 Å². The zero-order chi connectivity index (χ0) is 105. The average molecular weight is 2200 g/mol. The van der Waals surface area contributed by atoms with Crippen LogP contribution in [0.4, 0.5) is 25.0 Å². The molecule has 7 heterocycles. The number of rotatable bonds is 32. The van der Waals surface area contributed by atoms with Gasteiger partial charge in [0.1, 0.15) is 47.4 Å². The molecule has 31 nitrogen and oxygen atoms in total. The number of aliphatic hydroxyl groups is 2. The molecule has 5 aliphatic heterocycles. The van der Waals surface area contributed by atoms with E-state index in [9.17, 15) is 57.3 Å². The first-order valence-corrected chi connectivity index (χ1v) is 50.6. The van der Waals surface area contributed by atoms with E-state index in [1.807, 2.05) is 45.0 Å². The number of likely N-dealkylation sites (tertiary alicyclic amines) is 4. The van der Waals surface area contributed by atoms with Gasteiger partial charge in [-0.15, -0.1) is 24.8 Å². The fraction of sp³-hybridized carbons (Fsp3) is 0.472. The molecule has 5 saturated heterocycles. The topological polar surface area (TPSA) is 439 Å². The van der Waals surface area contributed by atoms with Gasteiger partial charge in [-0.2, -0.15) is 0 Å². The zero-order valence-electron chi connectivity index (χ0n) is 82.7. The van der Waals surface area contributed by atoms with Gasteiger partial charge in [-0.3, -0.25) is 48.4 Å². The molecule has 0 radical (unpaired) electrons.